The fourth-order valence-corrected chi connectivity index (χ4v) is 3.74. The highest BCUT2D eigenvalue weighted by Crippen LogP contribution is 2.25. The second-order valence-electron chi connectivity index (χ2n) is 4.20. The Morgan fingerprint density at radius 3 is 3.09 bits per heavy atom. The molecular formula is C13H16N4O2S3. The molecule has 1 N–H and O–H groups in total. The van der Waals surface area contributed by atoms with E-state index in [2.05, 4.69) is 27.6 Å². The third-order valence-corrected chi connectivity index (χ3v) is 5.51. The Balaban J connectivity index is 1.76. The smallest absolute Gasteiger partial charge is 0.266 e. The zero-order chi connectivity index (χ0) is 15.8. The molecule has 0 saturated heterocycles. The van der Waals surface area contributed by atoms with Gasteiger partial charge in [-0.05, 0) is 24.8 Å². The molecule has 2 aromatic rings. The Morgan fingerprint density at radius 2 is 2.36 bits per heavy atom. The van der Waals surface area contributed by atoms with Crippen LogP contribution in [0, 0.1) is 0 Å². The summed E-state index contributed by atoms with van der Waals surface area (Å²) in [6, 6.07) is 3.89. The summed E-state index contributed by atoms with van der Waals surface area (Å²) in [5, 5.41) is 16.9. The minimum Gasteiger partial charge on any atom is -0.385 e. The summed E-state index contributed by atoms with van der Waals surface area (Å²) >= 11 is 4.56. The predicted octanol–water partition coefficient (Wildman–Crippen LogP) is 3.48. The number of thioether (sulfide) groups is 1. The van der Waals surface area contributed by atoms with E-state index < -0.39 is 0 Å². The number of carbonyl (C=O) groups is 1. The van der Waals surface area contributed by atoms with E-state index in [-0.39, 0.29) is 12.5 Å². The number of rotatable bonds is 8. The van der Waals surface area contributed by atoms with Gasteiger partial charge in [0.15, 0.2) is 10.9 Å². The van der Waals surface area contributed by atoms with E-state index in [0.717, 1.165) is 27.1 Å². The number of oxime groups is 1. The number of anilines is 1. The molecule has 0 radical (unpaired) electrons. The van der Waals surface area contributed by atoms with E-state index >= 15 is 0 Å². The fraction of sp³-hybridized carbons (Fsp3) is 0.385. The van der Waals surface area contributed by atoms with Crippen LogP contribution in [0.15, 0.2) is 27.0 Å². The molecule has 2 aromatic heterocycles. The van der Waals surface area contributed by atoms with Crippen molar-refractivity contribution in [3.8, 4) is 0 Å². The van der Waals surface area contributed by atoms with Gasteiger partial charge >= 0.3 is 0 Å². The molecule has 0 aliphatic carbocycles. The first-order chi connectivity index (χ1) is 10.7. The lowest BCUT2D eigenvalue weighted by molar-refractivity contribution is -0.120. The average molecular weight is 356 g/mol. The summed E-state index contributed by atoms with van der Waals surface area (Å²) in [5.41, 5.74) is 0.747. The molecule has 0 atom stereocenters. The van der Waals surface area contributed by atoms with Crippen molar-refractivity contribution in [3.05, 3.63) is 22.4 Å². The molecule has 0 fully saturated rings. The van der Waals surface area contributed by atoms with Gasteiger partial charge in [0.25, 0.3) is 5.91 Å². The van der Waals surface area contributed by atoms with Gasteiger partial charge in [-0.25, -0.2) is 0 Å². The van der Waals surface area contributed by atoms with Gasteiger partial charge in [-0.3, -0.25) is 10.1 Å². The normalized spacial score (nSPS) is 11.5. The molecule has 0 aliphatic heterocycles. The zero-order valence-electron chi connectivity index (χ0n) is 12.2. The number of thiophene rings is 1. The van der Waals surface area contributed by atoms with Crippen molar-refractivity contribution in [1.82, 2.24) is 10.2 Å². The minimum absolute atomic E-state index is 0.153. The summed E-state index contributed by atoms with van der Waals surface area (Å²) in [6.07, 6.45) is 1.07. The van der Waals surface area contributed by atoms with Crippen molar-refractivity contribution in [1.29, 1.82) is 0 Å². The predicted molar refractivity (Wildman–Crippen MR) is 92.0 cm³/mol. The lowest BCUT2D eigenvalue weighted by atomic mass is 10.3. The largest absolute Gasteiger partial charge is 0.385 e. The molecule has 1 amide bonds. The van der Waals surface area contributed by atoms with Crippen molar-refractivity contribution in [3.63, 3.8) is 0 Å². The van der Waals surface area contributed by atoms with Crippen molar-refractivity contribution in [2.45, 2.75) is 24.6 Å². The first-order valence-corrected chi connectivity index (χ1v) is 9.33. The van der Waals surface area contributed by atoms with Gasteiger partial charge in [-0.15, -0.1) is 21.5 Å². The lowest BCUT2D eigenvalue weighted by Gasteiger charge is -2.01. The first kappa shape index (κ1) is 16.9. The molecule has 9 heteroatoms. The topological polar surface area (TPSA) is 76.5 Å². The highest BCUT2D eigenvalue weighted by Gasteiger charge is 2.09. The second kappa shape index (κ2) is 8.86. The quantitative estimate of drug-likeness (QED) is 0.339. The van der Waals surface area contributed by atoms with E-state index in [1.54, 1.807) is 23.1 Å². The zero-order valence-corrected chi connectivity index (χ0v) is 14.7. The van der Waals surface area contributed by atoms with Crippen LogP contribution in [0.25, 0.3) is 0 Å². The molecule has 0 unspecified atom stereocenters. The third-order valence-electron chi connectivity index (χ3n) is 2.36. The van der Waals surface area contributed by atoms with Crippen LogP contribution in [-0.4, -0.2) is 34.2 Å². The summed E-state index contributed by atoms with van der Waals surface area (Å²) in [5.74, 6) is 0.688. The molecule has 0 bridgehead atoms. The molecule has 6 nitrogen and oxygen atoms in total. The van der Waals surface area contributed by atoms with Crippen LogP contribution in [0.1, 0.15) is 25.1 Å². The number of nitrogens with one attached hydrogen (secondary N) is 1. The van der Waals surface area contributed by atoms with Crippen LogP contribution in [0.5, 0.6) is 0 Å². The second-order valence-corrected chi connectivity index (χ2v) is 7.46. The maximum Gasteiger partial charge on any atom is 0.266 e. The van der Waals surface area contributed by atoms with E-state index in [4.69, 9.17) is 4.84 Å². The van der Waals surface area contributed by atoms with Crippen LogP contribution in [0.2, 0.25) is 0 Å². The number of hydrogen-bond donors (Lipinski definition) is 1. The van der Waals surface area contributed by atoms with Crippen LogP contribution in [0.4, 0.5) is 5.13 Å². The van der Waals surface area contributed by atoms with Crippen molar-refractivity contribution >= 4 is 51.2 Å². The van der Waals surface area contributed by atoms with Crippen molar-refractivity contribution in [2.24, 2.45) is 5.16 Å². The summed E-state index contributed by atoms with van der Waals surface area (Å²) in [7, 11) is 0. The average Bonchev–Trinajstić information content (AvgIpc) is 3.16. The molecule has 118 valence electrons. The van der Waals surface area contributed by atoms with E-state index in [0.29, 0.717) is 5.13 Å². The van der Waals surface area contributed by atoms with Crippen LogP contribution >= 0.6 is 34.4 Å². The molecule has 2 rings (SSSR count). The van der Waals surface area contributed by atoms with Crippen molar-refractivity contribution < 1.29 is 9.63 Å². The van der Waals surface area contributed by atoms with Crippen molar-refractivity contribution in [2.75, 3.05) is 17.7 Å². The Hall–Kier alpha value is -1.45. The highest BCUT2D eigenvalue weighted by molar-refractivity contribution is 8.01. The van der Waals surface area contributed by atoms with Crippen LogP contribution in [0.3, 0.4) is 0 Å². The monoisotopic (exact) mass is 356 g/mol. The molecule has 22 heavy (non-hydrogen) atoms. The number of hydrogen-bond acceptors (Lipinski definition) is 8. The van der Waals surface area contributed by atoms with Gasteiger partial charge in [0.05, 0.1) is 10.6 Å². The van der Waals surface area contributed by atoms with E-state index in [1.165, 1.54) is 11.3 Å². The van der Waals surface area contributed by atoms with E-state index in [9.17, 15) is 4.79 Å². The molecule has 0 aliphatic rings. The SMILES string of the molecule is CCCSc1nnc(NC(=O)CO/N=C(/C)c2cccs2)s1. The molecule has 2 heterocycles. The molecular weight excluding hydrogens is 340 g/mol. The Kier molecular flexibility index (Phi) is 6.81. The number of carbonyl (C=O) groups excluding carboxylic acids is 1. The van der Waals surface area contributed by atoms with Gasteiger partial charge in [-0.1, -0.05) is 41.2 Å². The van der Waals surface area contributed by atoms with Crippen LogP contribution < -0.4 is 5.32 Å². The van der Waals surface area contributed by atoms with Crippen LogP contribution in [-0.2, 0) is 9.63 Å². The lowest BCUT2D eigenvalue weighted by Crippen LogP contribution is -2.17. The summed E-state index contributed by atoms with van der Waals surface area (Å²) < 4.78 is 0.852. The standard InChI is InChI=1S/C13H16N4O2S3/c1-3-6-21-13-16-15-12(22-13)14-11(18)8-19-17-9(2)10-5-4-7-20-10/h4-5,7H,3,6,8H2,1-2H3,(H,14,15,18)/b17-9-. The number of aromatic nitrogens is 2. The molecule has 0 spiro atoms. The summed E-state index contributed by atoms with van der Waals surface area (Å²) in [6.45, 7) is 3.79. The maximum absolute atomic E-state index is 11.7. The van der Waals surface area contributed by atoms with E-state index in [1.807, 2.05) is 24.4 Å². The Labute approximate surface area is 141 Å². The van der Waals surface area contributed by atoms with Gasteiger partial charge < -0.3 is 4.84 Å². The van der Waals surface area contributed by atoms with Gasteiger partial charge in [-0.2, -0.15) is 0 Å². The third kappa shape index (κ3) is 5.39. The van der Waals surface area contributed by atoms with Gasteiger partial charge in [0.2, 0.25) is 5.13 Å². The van der Waals surface area contributed by atoms with Gasteiger partial charge in [0.1, 0.15) is 0 Å². The fourth-order valence-electron chi connectivity index (χ4n) is 1.38. The Bertz CT molecular complexity index is 625. The Morgan fingerprint density at radius 1 is 1.50 bits per heavy atom. The first-order valence-electron chi connectivity index (χ1n) is 6.65. The molecule has 0 saturated carbocycles. The molecule has 0 aromatic carbocycles. The van der Waals surface area contributed by atoms with Gasteiger partial charge in [0, 0.05) is 5.75 Å². The minimum atomic E-state index is -0.300. The number of amides is 1. The summed E-state index contributed by atoms with van der Waals surface area (Å²) in [4.78, 5) is 17.8. The number of nitrogens with zero attached hydrogens (tertiary/aromatic N) is 3. The maximum atomic E-state index is 11.7. The highest BCUT2D eigenvalue weighted by atomic mass is 32.2.